The van der Waals surface area contributed by atoms with E-state index < -0.39 is 0 Å². The smallest absolute Gasteiger partial charge is 0.234 e. The number of likely N-dealkylation sites (N-methyl/N-ethyl adjacent to an activating group) is 1. The lowest BCUT2D eigenvalue weighted by molar-refractivity contribution is -0.124. The molecule has 1 fully saturated rings. The summed E-state index contributed by atoms with van der Waals surface area (Å²) in [5.74, 6) is 0.130. The van der Waals surface area contributed by atoms with E-state index in [2.05, 4.69) is 47.8 Å². The van der Waals surface area contributed by atoms with E-state index in [1.807, 2.05) is 13.1 Å². The fraction of sp³-hybridized carbons (Fsp3) is 0.706. The Hall–Kier alpha value is -0.910. The molecule has 1 aromatic rings. The number of piperidine rings is 1. The minimum atomic E-state index is 0.00984. The minimum absolute atomic E-state index is 0.00984. The van der Waals surface area contributed by atoms with Crippen LogP contribution in [0.4, 0.5) is 0 Å². The van der Waals surface area contributed by atoms with Crippen molar-refractivity contribution in [3.8, 4) is 0 Å². The molecule has 1 aliphatic rings. The molecule has 22 heavy (non-hydrogen) atoms. The highest BCUT2D eigenvalue weighted by Crippen LogP contribution is 2.35. The van der Waals surface area contributed by atoms with Gasteiger partial charge in [0.05, 0.1) is 12.6 Å². The van der Waals surface area contributed by atoms with Crippen LogP contribution in [0.25, 0.3) is 0 Å². The van der Waals surface area contributed by atoms with Crippen LogP contribution in [0.15, 0.2) is 17.5 Å². The number of amides is 1. The van der Waals surface area contributed by atoms with Crippen LogP contribution in [0.3, 0.4) is 0 Å². The molecule has 4 nitrogen and oxygen atoms in total. The zero-order valence-corrected chi connectivity index (χ0v) is 15.0. The van der Waals surface area contributed by atoms with Gasteiger partial charge in [-0.2, -0.15) is 0 Å². The molecule has 0 aromatic carbocycles. The summed E-state index contributed by atoms with van der Waals surface area (Å²) in [5.41, 5.74) is 0.00984. The predicted octanol–water partition coefficient (Wildman–Crippen LogP) is 2.64. The van der Waals surface area contributed by atoms with Crippen LogP contribution in [0.2, 0.25) is 0 Å². The number of thiophene rings is 1. The first-order chi connectivity index (χ1) is 10.4. The number of hydrogen-bond acceptors (Lipinski definition) is 4. The molecule has 1 aliphatic heterocycles. The summed E-state index contributed by atoms with van der Waals surface area (Å²) in [7, 11) is 2.00. The van der Waals surface area contributed by atoms with Crippen molar-refractivity contribution in [3.05, 3.63) is 22.4 Å². The third-order valence-corrected chi connectivity index (χ3v) is 5.22. The lowest BCUT2D eigenvalue weighted by Gasteiger charge is -2.34. The van der Waals surface area contributed by atoms with Crippen molar-refractivity contribution in [1.82, 2.24) is 15.5 Å². The molecular formula is C17H29N3OS. The molecule has 0 spiro atoms. The highest BCUT2D eigenvalue weighted by Gasteiger charge is 2.29. The van der Waals surface area contributed by atoms with Crippen LogP contribution in [-0.2, 0) is 4.79 Å². The van der Waals surface area contributed by atoms with E-state index >= 15 is 0 Å². The first-order valence-corrected chi connectivity index (χ1v) is 9.00. The van der Waals surface area contributed by atoms with Crippen LogP contribution in [0, 0.1) is 5.41 Å². The number of carbonyl (C=O) groups excluding carboxylic acids is 1. The van der Waals surface area contributed by atoms with Gasteiger partial charge in [0.2, 0.25) is 5.91 Å². The largest absolute Gasteiger partial charge is 0.347 e. The standard InChI is InChI=1S/C17H29N3OS/c1-17(2,3)16(14-8-6-10-22-14)19-15(21)12-20-9-5-7-13(11-20)18-4/h6,8,10,13,16,18H,5,7,9,11-12H2,1-4H3,(H,19,21). The average molecular weight is 324 g/mol. The Labute approximate surface area is 138 Å². The lowest BCUT2D eigenvalue weighted by atomic mass is 9.85. The highest BCUT2D eigenvalue weighted by molar-refractivity contribution is 7.10. The van der Waals surface area contributed by atoms with Gasteiger partial charge in [0, 0.05) is 17.5 Å². The summed E-state index contributed by atoms with van der Waals surface area (Å²) in [6.45, 7) is 9.00. The summed E-state index contributed by atoms with van der Waals surface area (Å²) >= 11 is 1.71. The van der Waals surface area contributed by atoms with E-state index in [9.17, 15) is 4.79 Å². The van der Waals surface area contributed by atoms with Crippen LogP contribution >= 0.6 is 11.3 Å². The molecule has 0 saturated carbocycles. The topological polar surface area (TPSA) is 44.4 Å². The first kappa shape index (κ1) is 17.4. The molecule has 124 valence electrons. The van der Waals surface area contributed by atoms with Crippen LogP contribution in [-0.4, -0.2) is 43.5 Å². The maximum Gasteiger partial charge on any atom is 0.234 e. The maximum absolute atomic E-state index is 12.5. The van der Waals surface area contributed by atoms with Gasteiger partial charge in [0.25, 0.3) is 0 Å². The average Bonchev–Trinajstić information content (AvgIpc) is 2.97. The van der Waals surface area contributed by atoms with Crippen molar-refractivity contribution in [2.24, 2.45) is 5.41 Å². The summed E-state index contributed by atoms with van der Waals surface area (Å²) in [4.78, 5) is 16.0. The fourth-order valence-electron chi connectivity index (χ4n) is 3.01. The molecule has 1 amide bonds. The maximum atomic E-state index is 12.5. The van der Waals surface area contributed by atoms with Crippen LogP contribution in [0.5, 0.6) is 0 Å². The van der Waals surface area contributed by atoms with Crippen molar-refractivity contribution in [1.29, 1.82) is 0 Å². The molecule has 1 saturated heterocycles. The minimum Gasteiger partial charge on any atom is -0.347 e. The third-order valence-electron chi connectivity index (χ3n) is 4.28. The number of carbonyl (C=O) groups is 1. The van der Waals surface area contributed by atoms with E-state index in [-0.39, 0.29) is 17.4 Å². The summed E-state index contributed by atoms with van der Waals surface area (Å²) in [6, 6.07) is 4.74. The molecule has 0 bridgehead atoms. The summed E-state index contributed by atoms with van der Waals surface area (Å²) in [5, 5.41) is 8.64. The molecule has 2 atom stereocenters. The number of likely N-dealkylation sites (tertiary alicyclic amines) is 1. The molecule has 2 unspecified atom stereocenters. The van der Waals surface area contributed by atoms with Crippen molar-refractivity contribution >= 4 is 17.2 Å². The summed E-state index contributed by atoms with van der Waals surface area (Å²) in [6.07, 6.45) is 2.36. The molecule has 2 heterocycles. The van der Waals surface area contributed by atoms with E-state index in [4.69, 9.17) is 0 Å². The second-order valence-corrected chi connectivity index (χ2v) is 8.22. The van der Waals surface area contributed by atoms with Gasteiger partial charge < -0.3 is 10.6 Å². The Morgan fingerprint density at radius 1 is 1.50 bits per heavy atom. The Balaban J connectivity index is 1.94. The number of hydrogen-bond donors (Lipinski definition) is 2. The molecule has 5 heteroatoms. The zero-order valence-electron chi connectivity index (χ0n) is 14.2. The predicted molar refractivity (Wildman–Crippen MR) is 93.2 cm³/mol. The molecule has 2 N–H and O–H groups in total. The van der Waals surface area contributed by atoms with Crippen molar-refractivity contribution in [3.63, 3.8) is 0 Å². The molecule has 2 rings (SSSR count). The fourth-order valence-corrected chi connectivity index (χ4v) is 4.03. The lowest BCUT2D eigenvalue weighted by Crippen LogP contribution is -2.49. The normalized spacial score (nSPS) is 21.5. The van der Waals surface area contributed by atoms with Gasteiger partial charge in [-0.05, 0) is 43.3 Å². The molecule has 1 aromatic heterocycles. The van der Waals surface area contributed by atoms with Crippen molar-refractivity contribution in [2.45, 2.75) is 45.7 Å². The van der Waals surface area contributed by atoms with E-state index in [0.717, 1.165) is 19.5 Å². The number of nitrogens with zero attached hydrogens (tertiary/aromatic N) is 1. The third kappa shape index (κ3) is 4.80. The first-order valence-electron chi connectivity index (χ1n) is 8.12. The van der Waals surface area contributed by atoms with E-state index in [0.29, 0.717) is 12.6 Å². The number of nitrogens with one attached hydrogen (secondary N) is 2. The van der Waals surface area contributed by atoms with Crippen molar-refractivity contribution in [2.75, 3.05) is 26.7 Å². The van der Waals surface area contributed by atoms with Gasteiger partial charge in [0.1, 0.15) is 0 Å². The second-order valence-electron chi connectivity index (χ2n) is 7.24. The van der Waals surface area contributed by atoms with Gasteiger partial charge in [-0.3, -0.25) is 9.69 Å². The van der Waals surface area contributed by atoms with E-state index in [1.54, 1.807) is 11.3 Å². The van der Waals surface area contributed by atoms with Gasteiger partial charge in [-0.25, -0.2) is 0 Å². The Bertz CT molecular complexity index is 467. The van der Waals surface area contributed by atoms with Crippen LogP contribution in [0.1, 0.15) is 44.5 Å². The van der Waals surface area contributed by atoms with Crippen LogP contribution < -0.4 is 10.6 Å². The Kier molecular flexibility index (Phi) is 6.01. The monoisotopic (exact) mass is 323 g/mol. The van der Waals surface area contributed by atoms with Gasteiger partial charge in [-0.1, -0.05) is 26.8 Å². The quantitative estimate of drug-likeness (QED) is 0.875. The highest BCUT2D eigenvalue weighted by atomic mass is 32.1. The van der Waals surface area contributed by atoms with Gasteiger partial charge in [0.15, 0.2) is 0 Å². The summed E-state index contributed by atoms with van der Waals surface area (Å²) < 4.78 is 0. The molecule has 0 aliphatic carbocycles. The van der Waals surface area contributed by atoms with Gasteiger partial charge in [-0.15, -0.1) is 11.3 Å². The van der Waals surface area contributed by atoms with Crippen molar-refractivity contribution < 1.29 is 4.79 Å². The zero-order chi connectivity index (χ0) is 16.2. The number of rotatable bonds is 5. The molecule has 0 radical (unpaired) electrons. The van der Waals surface area contributed by atoms with E-state index in [1.165, 1.54) is 11.3 Å². The Morgan fingerprint density at radius 3 is 2.86 bits per heavy atom. The Morgan fingerprint density at radius 2 is 2.27 bits per heavy atom. The molecular weight excluding hydrogens is 294 g/mol. The SMILES string of the molecule is CNC1CCCN(CC(=O)NC(c2cccs2)C(C)(C)C)C1. The second kappa shape index (κ2) is 7.57. The van der Waals surface area contributed by atoms with Gasteiger partial charge >= 0.3 is 0 Å².